The number of benzene rings is 1. The van der Waals surface area contributed by atoms with E-state index in [1.807, 2.05) is 6.07 Å². The van der Waals surface area contributed by atoms with Gasteiger partial charge in [-0.25, -0.2) is 0 Å². The second-order valence-electron chi connectivity index (χ2n) is 7.77. The Kier molecular flexibility index (Phi) is 7.86. The molecule has 1 atom stereocenters. The van der Waals surface area contributed by atoms with E-state index in [0.29, 0.717) is 6.04 Å². The highest BCUT2D eigenvalue weighted by atomic mass is 16.5. The Morgan fingerprint density at radius 3 is 2.45 bits per heavy atom. The minimum Gasteiger partial charge on any atom is -0.497 e. The number of guanidine groups is 1. The third-order valence-electron chi connectivity index (χ3n) is 5.70. The van der Waals surface area contributed by atoms with E-state index < -0.39 is 0 Å². The predicted octanol–water partition coefficient (Wildman–Crippen LogP) is 2.32. The third kappa shape index (κ3) is 6.16. The lowest BCUT2D eigenvalue weighted by Gasteiger charge is -2.22. The summed E-state index contributed by atoms with van der Waals surface area (Å²) < 4.78 is 10.8. The number of ether oxygens (including phenoxy) is 2. The average Bonchev–Trinajstić information content (AvgIpc) is 3.48. The Morgan fingerprint density at radius 1 is 1.14 bits per heavy atom. The number of hydrogen-bond donors (Lipinski definition) is 2. The maximum absolute atomic E-state index is 5.42. The van der Waals surface area contributed by atoms with Gasteiger partial charge in [-0.15, -0.1) is 0 Å². The number of nitrogens with one attached hydrogen (secondary N) is 2. The van der Waals surface area contributed by atoms with Gasteiger partial charge in [0.15, 0.2) is 5.96 Å². The molecular weight excluding hydrogens is 366 g/mol. The topological polar surface area (TPSA) is 61.4 Å². The van der Waals surface area contributed by atoms with Crippen molar-refractivity contribution in [2.75, 3.05) is 58.4 Å². The van der Waals surface area contributed by atoms with Crippen molar-refractivity contribution in [3.63, 3.8) is 0 Å². The fourth-order valence-electron chi connectivity index (χ4n) is 3.93. The molecule has 2 fully saturated rings. The summed E-state index contributed by atoms with van der Waals surface area (Å²) in [4.78, 5) is 9.74. The maximum atomic E-state index is 5.42. The van der Waals surface area contributed by atoms with Gasteiger partial charge in [0.1, 0.15) is 11.5 Å². The lowest BCUT2D eigenvalue weighted by molar-refractivity contribution is 0.286. The number of rotatable bonds is 10. The van der Waals surface area contributed by atoms with Crippen molar-refractivity contribution >= 4 is 11.6 Å². The zero-order valence-corrected chi connectivity index (χ0v) is 18.4. The van der Waals surface area contributed by atoms with Crippen molar-refractivity contribution in [1.82, 2.24) is 15.5 Å². The van der Waals surface area contributed by atoms with Crippen LogP contribution in [0, 0.1) is 0 Å². The van der Waals surface area contributed by atoms with Crippen molar-refractivity contribution in [2.24, 2.45) is 4.99 Å². The van der Waals surface area contributed by atoms with Crippen LogP contribution in [0.5, 0.6) is 11.5 Å². The summed E-state index contributed by atoms with van der Waals surface area (Å²) in [6.45, 7) is 10.2. The second kappa shape index (κ2) is 10.6. The highest BCUT2D eigenvalue weighted by Crippen LogP contribution is 2.30. The fourth-order valence-corrected chi connectivity index (χ4v) is 3.93. The summed E-state index contributed by atoms with van der Waals surface area (Å²) >= 11 is 0. The molecule has 0 aromatic heterocycles. The van der Waals surface area contributed by atoms with Crippen molar-refractivity contribution in [3.05, 3.63) is 18.2 Å². The van der Waals surface area contributed by atoms with Crippen LogP contribution in [0.1, 0.15) is 33.1 Å². The van der Waals surface area contributed by atoms with Crippen LogP contribution >= 0.6 is 0 Å². The van der Waals surface area contributed by atoms with Crippen molar-refractivity contribution in [2.45, 2.75) is 45.2 Å². The van der Waals surface area contributed by atoms with Gasteiger partial charge in [0.25, 0.3) is 0 Å². The zero-order valence-electron chi connectivity index (χ0n) is 18.4. The molecule has 0 radical (unpaired) electrons. The molecule has 29 heavy (non-hydrogen) atoms. The van der Waals surface area contributed by atoms with E-state index in [1.54, 1.807) is 14.2 Å². The standard InChI is InChI=1S/C22H37N5O2/c1-5-23-22(24-10-12-26(6-2)18-7-8-18)25-17-9-11-27(16-17)19-13-20(28-3)15-21(14-19)29-4/h13-15,17-18H,5-12,16H2,1-4H3,(H2,23,24,25). The number of aliphatic imine (C=N–C) groups is 1. The number of nitrogens with zero attached hydrogens (tertiary/aromatic N) is 3. The van der Waals surface area contributed by atoms with E-state index in [9.17, 15) is 0 Å². The normalized spacial score (nSPS) is 19.6. The highest BCUT2D eigenvalue weighted by Gasteiger charge is 2.27. The van der Waals surface area contributed by atoms with Crippen molar-refractivity contribution in [1.29, 1.82) is 0 Å². The first kappa shape index (κ1) is 21.6. The van der Waals surface area contributed by atoms with E-state index >= 15 is 0 Å². The monoisotopic (exact) mass is 403 g/mol. The van der Waals surface area contributed by atoms with E-state index in [1.165, 1.54) is 12.8 Å². The fraction of sp³-hybridized carbons (Fsp3) is 0.682. The third-order valence-corrected chi connectivity index (χ3v) is 5.70. The molecule has 7 nitrogen and oxygen atoms in total. The number of likely N-dealkylation sites (N-methyl/N-ethyl adjacent to an activating group) is 1. The Balaban J connectivity index is 1.55. The molecule has 0 amide bonds. The van der Waals surface area contributed by atoms with Crippen LogP contribution < -0.4 is 25.0 Å². The van der Waals surface area contributed by atoms with E-state index in [0.717, 1.165) is 74.9 Å². The summed E-state index contributed by atoms with van der Waals surface area (Å²) in [5.41, 5.74) is 1.13. The summed E-state index contributed by atoms with van der Waals surface area (Å²) in [6, 6.07) is 7.22. The minimum atomic E-state index is 0.371. The lowest BCUT2D eigenvalue weighted by atomic mass is 10.2. The van der Waals surface area contributed by atoms with Crippen molar-refractivity contribution in [3.8, 4) is 11.5 Å². The first-order valence-corrected chi connectivity index (χ1v) is 10.9. The van der Waals surface area contributed by atoms with E-state index in [2.05, 4.69) is 46.4 Å². The lowest BCUT2D eigenvalue weighted by Crippen LogP contribution is -2.45. The molecular formula is C22H37N5O2. The second-order valence-corrected chi connectivity index (χ2v) is 7.77. The highest BCUT2D eigenvalue weighted by molar-refractivity contribution is 5.80. The van der Waals surface area contributed by atoms with Crippen LogP contribution in [0.4, 0.5) is 5.69 Å². The van der Waals surface area contributed by atoms with Crippen LogP contribution in [-0.4, -0.2) is 76.4 Å². The average molecular weight is 404 g/mol. The first-order valence-electron chi connectivity index (χ1n) is 10.9. The maximum Gasteiger partial charge on any atom is 0.191 e. The van der Waals surface area contributed by atoms with Gasteiger partial charge in [-0.05, 0) is 32.7 Å². The SMILES string of the molecule is CCNC(=NCCN(CC)C1CC1)NC1CCN(c2cc(OC)cc(OC)c2)C1. The Labute approximate surface area is 175 Å². The number of hydrogen-bond acceptors (Lipinski definition) is 5. The largest absolute Gasteiger partial charge is 0.497 e. The molecule has 0 bridgehead atoms. The molecule has 1 saturated carbocycles. The zero-order chi connectivity index (χ0) is 20.6. The van der Waals surface area contributed by atoms with Gasteiger partial charge in [0.2, 0.25) is 0 Å². The molecule has 1 aromatic carbocycles. The number of methoxy groups -OCH3 is 2. The van der Waals surface area contributed by atoms with Crippen LogP contribution in [0.3, 0.4) is 0 Å². The Morgan fingerprint density at radius 2 is 1.86 bits per heavy atom. The molecule has 162 valence electrons. The summed E-state index contributed by atoms with van der Waals surface area (Å²) in [5, 5.41) is 7.03. The smallest absolute Gasteiger partial charge is 0.191 e. The van der Waals surface area contributed by atoms with Gasteiger partial charge >= 0.3 is 0 Å². The number of anilines is 1. The molecule has 0 spiro atoms. The van der Waals surface area contributed by atoms with Gasteiger partial charge in [-0.1, -0.05) is 6.92 Å². The van der Waals surface area contributed by atoms with E-state index in [4.69, 9.17) is 14.5 Å². The summed E-state index contributed by atoms with van der Waals surface area (Å²) in [6.07, 6.45) is 3.78. The Hall–Kier alpha value is -2.15. The van der Waals surface area contributed by atoms with Gasteiger partial charge in [0.05, 0.1) is 20.8 Å². The van der Waals surface area contributed by atoms with Crippen LogP contribution in [0.15, 0.2) is 23.2 Å². The van der Waals surface area contributed by atoms with Gasteiger partial charge < -0.3 is 25.0 Å². The Bertz CT molecular complexity index is 655. The molecule has 2 aliphatic rings. The van der Waals surface area contributed by atoms with Crippen molar-refractivity contribution < 1.29 is 9.47 Å². The van der Waals surface area contributed by atoms with E-state index in [-0.39, 0.29) is 0 Å². The van der Waals surface area contributed by atoms with Gasteiger partial charge in [-0.2, -0.15) is 0 Å². The molecule has 3 rings (SSSR count). The van der Waals surface area contributed by atoms with Gasteiger partial charge in [-0.3, -0.25) is 9.89 Å². The van der Waals surface area contributed by atoms with Crippen LogP contribution in [0.25, 0.3) is 0 Å². The molecule has 1 unspecified atom stereocenters. The summed E-state index contributed by atoms with van der Waals surface area (Å²) in [7, 11) is 3.38. The van der Waals surface area contributed by atoms with Crippen LogP contribution in [0.2, 0.25) is 0 Å². The molecule has 1 aliphatic carbocycles. The summed E-state index contributed by atoms with van der Waals surface area (Å²) in [5.74, 6) is 2.57. The van der Waals surface area contributed by atoms with Gasteiger partial charge in [0, 0.05) is 62.1 Å². The quantitative estimate of drug-likeness (QED) is 0.462. The molecule has 1 aliphatic heterocycles. The molecule has 1 heterocycles. The predicted molar refractivity (Wildman–Crippen MR) is 120 cm³/mol. The first-order chi connectivity index (χ1) is 14.2. The van der Waals surface area contributed by atoms with Crippen LogP contribution in [-0.2, 0) is 0 Å². The molecule has 7 heteroatoms. The molecule has 1 aromatic rings. The minimum absolute atomic E-state index is 0.371. The molecule has 1 saturated heterocycles. The molecule has 2 N–H and O–H groups in total.